The minimum atomic E-state index is -0.421. The van der Waals surface area contributed by atoms with E-state index in [4.69, 9.17) is 4.42 Å². The molecule has 1 N–H and O–H groups in total. The van der Waals surface area contributed by atoms with Crippen molar-refractivity contribution in [2.45, 2.75) is 31.7 Å². The van der Waals surface area contributed by atoms with E-state index in [1.165, 1.54) is 0 Å². The van der Waals surface area contributed by atoms with Crippen molar-refractivity contribution in [2.75, 3.05) is 11.9 Å². The summed E-state index contributed by atoms with van der Waals surface area (Å²) in [5.41, 5.74) is 1.62. The van der Waals surface area contributed by atoms with Crippen LogP contribution in [0.5, 0.6) is 0 Å². The number of anilines is 1. The second-order valence-corrected chi connectivity index (χ2v) is 6.81. The average molecular weight is 378 g/mol. The molecule has 1 fully saturated rings. The third-order valence-corrected chi connectivity index (χ3v) is 4.94. The first-order valence-electron chi connectivity index (χ1n) is 9.43. The van der Waals surface area contributed by atoms with E-state index >= 15 is 0 Å². The second kappa shape index (κ2) is 8.12. The van der Waals surface area contributed by atoms with Crippen molar-refractivity contribution in [3.8, 4) is 5.69 Å². The number of benzene rings is 1. The van der Waals surface area contributed by atoms with E-state index < -0.39 is 6.04 Å². The molecule has 1 aliphatic heterocycles. The average Bonchev–Trinajstić information content (AvgIpc) is 3.49. The Labute approximate surface area is 162 Å². The topological polar surface area (TPSA) is 80.4 Å². The molecule has 3 heterocycles. The van der Waals surface area contributed by atoms with Gasteiger partial charge < -0.3 is 14.6 Å². The van der Waals surface area contributed by atoms with Crippen LogP contribution in [0.3, 0.4) is 0 Å². The number of hydrogen-bond acceptors (Lipinski definition) is 4. The lowest BCUT2D eigenvalue weighted by atomic mass is 10.1. The molecule has 0 radical (unpaired) electrons. The summed E-state index contributed by atoms with van der Waals surface area (Å²) >= 11 is 0. The zero-order valence-corrected chi connectivity index (χ0v) is 15.5. The monoisotopic (exact) mass is 378 g/mol. The summed E-state index contributed by atoms with van der Waals surface area (Å²) in [5.74, 6) is 0.629. The standard InChI is InChI=1S/C21H22N4O3/c26-20(11-10-18-4-2-15-28-18)24-13-1-5-19(24)21(27)23-16-6-8-17(9-7-16)25-14-3-12-22-25/h2-4,6-9,12,14-15,19H,1,5,10-11,13H2,(H,23,27). The molecule has 7 heteroatoms. The van der Waals surface area contributed by atoms with Crippen LogP contribution in [-0.2, 0) is 16.0 Å². The van der Waals surface area contributed by atoms with Gasteiger partial charge in [-0.3, -0.25) is 9.59 Å². The van der Waals surface area contributed by atoms with Crippen LogP contribution < -0.4 is 5.32 Å². The summed E-state index contributed by atoms with van der Waals surface area (Å²) in [4.78, 5) is 27.0. The van der Waals surface area contributed by atoms with Crippen LogP contribution in [0.1, 0.15) is 25.0 Å². The predicted octanol–water partition coefficient (Wildman–Crippen LogP) is 3.03. The van der Waals surface area contributed by atoms with Gasteiger partial charge in [0.1, 0.15) is 11.8 Å². The summed E-state index contributed by atoms with van der Waals surface area (Å²) < 4.78 is 7.03. The molecule has 2 aromatic heterocycles. The predicted molar refractivity (Wildman–Crippen MR) is 104 cm³/mol. The van der Waals surface area contributed by atoms with Crippen LogP contribution in [0.2, 0.25) is 0 Å². The number of carbonyl (C=O) groups excluding carboxylic acids is 2. The number of nitrogens with one attached hydrogen (secondary N) is 1. The van der Waals surface area contributed by atoms with Crippen molar-refractivity contribution < 1.29 is 14.0 Å². The molecule has 1 aliphatic rings. The largest absolute Gasteiger partial charge is 0.469 e. The second-order valence-electron chi connectivity index (χ2n) is 6.81. The molecule has 0 aliphatic carbocycles. The van der Waals surface area contributed by atoms with E-state index in [1.54, 1.807) is 22.0 Å². The highest BCUT2D eigenvalue weighted by atomic mass is 16.3. The zero-order chi connectivity index (χ0) is 19.3. The lowest BCUT2D eigenvalue weighted by molar-refractivity contribution is -0.136. The Hall–Kier alpha value is -3.35. The van der Waals surface area contributed by atoms with Crippen LogP contribution in [0.15, 0.2) is 65.5 Å². The van der Waals surface area contributed by atoms with Gasteiger partial charge in [0.25, 0.3) is 0 Å². The summed E-state index contributed by atoms with van der Waals surface area (Å²) in [6.07, 6.45) is 7.59. The maximum Gasteiger partial charge on any atom is 0.247 e. The fourth-order valence-corrected chi connectivity index (χ4v) is 3.51. The van der Waals surface area contributed by atoms with Gasteiger partial charge in [-0.05, 0) is 55.3 Å². The maximum atomic E-state index is 12.7. The van der Waals surface area contributed by atoms with Crippen LogP contribution in [-0.4, -0.2) is 39.1 Å². The van der Waals surface area contributed by atoms with Gasteiger partial charge in [-0.15, -0.1) is 0 Å². The van der Waals surface area contributed by atoms with Crippen LogP contribution in [0, 0.1) is 0 Å². The van der Waals surface area contributed by atoms with E-state index in [0.29, 0.717) is 31.5 Å². The number of nitrogens with zero attached hydrogens (tertiary/aromatic N) is 3. The number of hydrogen-bond donors (Lipinski definition) is 1. The molecule has 1 atom stereocenters. The SMILES string of the molecule is O=C(Nc1ccc(-n2cccn2)cc1)C1CCCN1C(=O)CCc1ccco1. The van der Waals surface area contributed by atoms with Gasteiger partial charge in [-0.1, -0.05) is 0 Å². The molecule has 0 bridgehead atoms. The van der Waals surface area contributed by atoms with E-state index in [1.807, 2.05) is 48.7 Å². The molecule has 7 nitrogen and oxygen atoms in total. The number of rotatable bonds is 6. The Morgan fingerprint density at radius 3 is 2.75 bits per heavy atom. The third kappa shape index (κ3) is 3.98. The molecular formula is C21H22N4O3. The minimum Gasteiger partial charge on any atom is -0.469 e. The number of aryl methyl sites for hydroxylation is 1. The molecular weight excluding hydrogens is 356 g/mol. The highest BCUT2D eigenvalue weighted by molar-refractivity contribution is 5.97. The van der Waals surface area contributed by atoms with Crippen molar-refractivity contribution in [1.29, 1.82) is 0 Å². The van der Waals surface area contributed by atoms with Crippen molar-refractivity contribution in [1.82, 2.24) is 14.7 Å². The van der Waals surface area contributed by atoms with E-state index in [2.05, 4.69) is 10.4 Å². The Kier molecular flexibility index (Phi) is 5.23. The quantitative estimate of drug-likeness (QED) is 0.715. The molecule has 1 saturated heterocycles. The number of carbonyl (C=O) groups is 2. The summed E-state index contributed by atoms with van der Waals surface area (Å²) in [6.45, 7) is 0.618. The number of likely N-dealkylation sites (tertiary alicyclic amines) is 1. The fourth-order valence-electron chi connectivity index (χ4n) is 3.51. The molecule has 28 heavy (non-hydrogen) atoms. The fraction of sp³-hybridized carbons (Fsp3) is 0.286. The van der Waals surface area contributed by atoms with Crippen molar-refractivity contribution in [2.24, 2.45) is 0 Å². The summed E-state index contributed by atoms with van der Waals surface area (Å²) in [7, 11) is 0. The van der Waals surface area contributed by atoms with E-state index in [-0.39, 0.29) is 11.8 Å². The lowest BCUT2D eigenvalue weighted by Crippen LogP contribution is -2.43. The normalized spacial score (nSPS) is 16.3. The van der Waals surface area contributed by atoms with Crippen molar-refractivity contribution >= 4 is 17.5 Å². The molecule has 0 saturated carbocycles. The van der Waals surface area contributed by atoms with Gasteiger partial charge >= 0.3 is 0 Å². The molecule has 0 spiro atoms. The summed E-state index contributed by atoms with van der Waals surface area (Å²) in [5, 5.41) is 7.11. The minimum absolute atomic E-state index is 0.0110. The Morgan fingerprint density at radius 1 is 1.18 bits per heavy atom. The number of furan rings is 1. The smallest absolute Gasteiger partial charge is 0.247 e. The lowest BCUT2D eigenvalue weighted by Gasteiger charge is -2.24. The number of aromatic nitrogens is 2. The van der Waals surface area contributed by atoms with Crippen LogP contribution >= 0.6 is 0 Å². The molecule has 4 rings (SSSR count). The maximum absolute atomic E-state index is 12.7. The zero-order valence-electron chi connectivity index (χ0n) is 15.5. The van der Waals surface area contributed by atoms with Crippen molar-refractivity contribution in [3.63, 3.8) is 0 Å². The van der Waals surface area contributed by atoms with E-state index in [0.717, 1.165) is 17.9 Å². The van der Waals surface area contributed by atoms with Crippen molar-refractivity contribution in [3.05, 3.63) is 66.9 Å². The van der Waals surface area contributed by atoms with Crippen LogP contribution in [0.25, 0.3) is 5.69 Å². The van der Waals surface area contributed by atoms with Gasteiger partial charge in [0, 0.05) is 37.5 Å². The third-order valence-electron chi connectivity index (χ3n) is 4.94. The Morgan fingerprint density at radius 2 is 2.04 bits per heavy atom. The molecule has 3 aromatic rings. The first-order valence-corrected chi connectivity index (χ1v) is 9.43. The van der Waals surface area contributed by atoms with Gasteiger partial charge in [0.2, 0.25) is 11.8 Å². The first-order chi connectivity index (χ1) is 13.7. The van der Waals surface area contributed by atoms with Crippen LogP contribution in [0.4, 0.5) is 5.69 Å². The molecule has 1 aromatic carbocycles. The van der Waals surface area contributed by atoms with Gasteiger partial charge in [0.15, 0.2) is 0 Å². The van der Waals surface area contributed by atoms with Gasteiger partial charge in [-0.25, -0.2) is 4.68 Å². The highest BCUT2D eigenvalue weighted by Gasteiger charge is 2.33. The number of amides is 2. The molecule has 2 amide bonds. The van der Waals surface area contributed by atoms with Gasteiger partial charge in [-0.2, -0.15) is 5.10 Å². The Balaban J connectivity index is 1.36. The summed E-state index contributed by atoms with van der Waals surface area (Å²) in [6, 6.07) is 12.6. The molecule has 1 unspecified atom stereocenters. The van der Waals surface area contributed by atoms with E-state index in [9.17, 15) is 9.59 Å². The highest BCUT2D eigenvalue weighted by Crippen LogP contribution is 2.21. The Bertz CT molecular complexity index is 917. The molecule has 144 valence electrons. The van der Waals surface area contributed by atoms with Gasteiger partial charge in [0.05, 0.1) is 12.0 Å². The first kappa shape index (κ1) is 18.0.